The summed E-state index contributed by atoms with van der Waals surface area (Å²) in [4.78, 5) is 43.3. The summed E-state index contributed by atoms with van der Waals surface area (Å²) < 4.78 is 0. The molecule has 1 aliphatic heterocycles. The molecule has 2 aliphatic carbocycles. The van der Waals surface area contributed by atoms with Crippen molar-refractivity contribution < 1.29 is 14.5 Å². The first-order valence-corrected chi connectivity index (χ1v) is 11.6. The van der Waals surface area contributed by atoms with E-state index < -0.39 is 4.92 Å². The Hall–Kier alpha value is -3.52. The van der Waals surface area contributed by atoms with E-state index >= 15 is 0 Å². The van der Waals surface area contributed by atoms with Gasteiger partial charge in [0.25, 0.3) is 5.69 Å². The second kappa shape index (κ2) is 8.68. The highest BCUT2D eigenvalue weighted by atomic mass is 16.6. The highest BCUT2D eigenvalue weighted by molar-refractivity contribution is 6.23. The van der Waals surface area contributed by atoms with Crippen molar-refractivity contribution >= 4 is 28.9 Å². The Labute approximate surface area is 198 Å². The minimum atomic E-state index is -0.427. The summed E-state index contributed by atoms with van der Waals surface area (Å²) in [5.41, 5.74) is 1.69. The van der Waals surface area contributed by atoms with E-state index in [4.69, 9.17) is 0 Å². The first kappa shape index (κ1) is 22.3. The zero-order valence-electron chi connectivity index (χ0n) is 19.3. The van der Waals surface area contributed by atoms with Gasteiger partial charge < -0.3 is 9.80 Å². The van der Waals surface area contributed by atoms with E-state index in [9.17, 15) is 19.7 Å². The molecule has 0 radical (unpaired) electrons. The molecule has 4 atom stereocenters. The fourth-order valence-electron chi connectivity index (χ4n) is 5.63. The van der Waals surface area contributed by atoms with Crippen LogP contribution in [0.15, 0.2) is 60.7 Å². The Morgan fingerprint density at radius 2 is 1.62 bits per heavy atom. The first-order chi connectivity index (χ1) is 16.3. The molecule has 2 bridgehead atoms. The smallest absolute Gasteiger partial charge is 0.294 e. The lowest BCUT2D eigenvalue weighted by atomic mass is 9.85. The highest BCUT2D eigenvalue weighted by Gasteiger charge is 2.59. The van der Waals surface area contributed by atoms with Crippen molar-refractivity contribution in [3.63, 3.8) is 0 Å². The number of likely N-dealkylation sites (N-methyl/N-ethyl adjacent to an activating group) is 1. The molecule has 176 valence electrons. The van der Waals surface area contributed by atoms with Crippen molar-refractivity contribution in [1.82, 2.24) is 4.90 Å². The molecule has 0 spiro atoms. The zero-order chi connectivity index (χ0) is 24.0. The molecule has 2 fully saturated rings. The van der Waals surface area contributed by atoms with E-state index in [0.29, 0.717) is 25.3 Å². The second-order valence-electron chi connectivity index (χ2n) is 9.65. The Morgan fingerprint density at radius 1 is 0.971 bits per heavy atom. The van der Waals surface area contributed by atoms with Crippen molar-refractivity contribution in [3.8, 4) is 0 Å². The van der Waals surface area contributed by atoms with Gasteiger partial charge in [0.05, 0.1) is 22.4 Å². The van der Waals surface area contributed by atoms with Gasteiger partial charge in [0.2, 0.25) is 11.8 Å². The number of hydrogen-bond donors (Lipinski definition) is 0. The number of allylic oxidation sites excluding steroid dienone is 2. The third-order valence-electron chi connectivity index (χ3n) is 7.26. The minimum Gasteiger partial charge on any atom is -0.360 e. The summed E-state index contributed by atoms with van der Waals surface area (Å²) in [6.07, 6.45) is 4.93. The van der Waals surface area contributed by atoms with Gasteiger partial charge in [-0.3, -0.25) is 19.7 Å². The molecule has 3 aliphatic rings. The van der Waals surface area contributed by atoms with Gasteiger partial charge in [-0.2, -0.15) is 0 Å². The fourth-order valence-corrected chi connectivity index (χ4v) is 5.63. The van der Waals surface area contributed by atoms with Crippen LogP contribution in [-0.4, -0.2) is 48.8 Å². The van der Waals surface area contributed by atoms with Crippen LogP contribution in [0.4, 0.5) is 17.1 Å². The molecule has 5 rings (SSSR count). The van der Waals surface area contributed by atoms with Crippen molar-refractivity contribution in [1.29, 1.82) is 0 Å². The van der Waals surface area contributed by atoms with E-state index in [1.165, 1.54) is 11.0 Å². The monoisotopic (exact) mass is 460 g/mol. The van der Waals surface area contributed by atoms with Crippen molar-refractivity contribution in [2.24, 2.45) is 23.7 Å². The predicted octanol–water partition coefficient (Wildman–Crippen LogP) is 3.47. The third kappa shape index (κ3) is 3.77. The van der Waals surface area contributed by atoms with Crippen molar-refractivity contribution in [2.75, 3.05) is 37.0 Å². The third-order valence-corrected chi connectivity index (χ3v) is 7.26. The van der Waals surface area contributed by atoms with Gasteiger partial charge in [0, 0.05) is 25.7 Å². The van der Waals surface area contributed by atoms with Crippen LogP contribution in [0, 0.1) is 33.8 Å². The number of amides is 2. The number of nitro groups is 1. The maximum atomic E-state index is 13.2. The van der Waals surface area contributed by atoms with Crippen LogP contribution in [-0.2, 0) is 16.1 Å². The molecule has 2 aromatic carbocycles. The maximum Gasteiger partial charge on any atom is 0.294 e. The van der Waals surface area contributed by atoms with Crippen LogP contribution in [0.3, 0.4) is 0 Å². The Balaban J connectivity index is 1.48. The summed E-state index contributed by atoms with van der Waals surface area (Å²) in [7, 11) is 3.92. The second-order valence-corrected chi connectivity index (χ2v) is 9.65. The number of benzene rings is 2. The number of imide groups is 1. The molecule has 0 aromatic heterocycles. The Bertz CT molecular complexity index is 1130. The summed E-state index contributed by atoms with van der Waals surface area (Å²) >= 11 is 0. The van der Waals surface area contributed by atoms with Crippen LogP contribution in [0.2, 0.25) is 0 Å². The maximum absolute atomic E-state index is 13.2. The molecule has 1 saturated heterocycles. The zero-order valence-corrected chi connectivity index (χ0v) is 19.3. The molecular formula is C26H28N4O4. The molecule has 4 unspecified atom stereocenters. The van der Waals surface area contributed by atoms with E-state index in [2.05, 4.69) is 0 Å². The van der Waals surface area contributed by atoms with Gasteiger partial charge in [-0.15, -0.1) is 0 Å². The quantitative estimate of drug-likeness (QED) is 0.259. The molecule has 34 heavy (non-hydrogen) atoms. The molecule has 2 aromatic rings. The lowest BCUT2D eigenvalue weighted by Gasteiger charge is -2.27. The van der Waals surface area contributed by atoms with Crippen LogP contribution in [0.5, 0.6) is 0 Å². The molecular weight excluding hydrogens is 432 g/mol. The van der Waals surface area contributed by atoms with Crippen LogP contribution >= 0.6 is 0 Å². The molecule has 8 heteroatoms. The standard InChI is InChI=1S/C26H28N4O4/c1-27(2)12-13-28(16-17-6-4-3-5-7-17)21-11-10-20(15-22(21)30(33)34)29-25(31)23-18-8-9-19(14-18)24(23)26(29)32/h3-11,15,18-19,23-24H,12-14,16H2,1-2H3. The summed E-state index contributed by atoms with van der Waals surface area (Å²) in [5.74, 6) is -0.951. The number of fused-ring (bicyclic) bond motifs is 5. The molecule has 1 heterocycles. The van der Waals surface area contributed by atoms with E-state index in [0.717, 1.165) is 12.0 Å². The van der Waals surface area contributed by atoms with E-state index in [-0.39, 0.29) is 46.9 Å². The number of hydrogen-bond acceptors (Lipinski definition) is 6. The van der Waals surface area contributed by atoms with E-state index in [1.807, 2.05) is 66.4 Å². The van der Waals surface area contributed by atoms with Crippen LogP contribution < -0.4 is 9.80 Å². The number of nitrogens with zero attached hydrogens (tertiary/aromatic N) is 4. The van der Waals surface area contributed by atoms with E-state index in [1.54, 1.807) is 12.1 Å². The molecule has 2 amide bonds. The van der Waals surface area contributed by atoms with Gasteiger partial charge in [-0.05, 0) is 50.0 Å². The number of nitro benzene ring substituents is 1. The Morgan fingerprint density at radius 3 is 2.21 bits per heavy atom. The molecule has 1 saturated carbocycles. The largest absolute Gasteiger partial charge is 0.360 e. The van der Waals surface area contributed by atoms with Crippen LogP contribution in [0.25, 0.3) is 0 Å². The number of rotatable bonds is 8. The minimum absolute atomic E-state index is 0.0955. The lowest BCUT2D eigenvalue weighted by Crippen LogP contribution is -2.33. The first-order valence-electron chi connectivity index (χ1n) is 11.6. The average Bonchev–Trinajstić information content (AvgIpc) is 3.50. The SMILES string of the molecule is CN(C)CCN(Cc1ccccc1)c1ccc(N2C(=O)C3C4C=CC(C4)C3C2=O)cc1[N+](=O)[O-]. The molecule has 0 N–H and O–H groups in total. The van der Waals surface area contributed by atoms with Gasteiger partial charge in [-0.1, -0.05) is 42.5 Å². The van der Waals surface area contributed by atoms with Gasteiger partial charge in [-0.25, -0.2) is 4.90 Å². The van der Waals surface area contributed by atoms with Gasteiger partial charge >= 0.3 is 0 Å². The topological polar surface area (TPSA) is 87.0 Å². The lowest BCUT2D eigenvalue weighted by molar-refractivity contribution is -0.384. The van der Waals surface area contributed by atoms with Gasteiger partial charge in [0.1, 0.15) is 5.69 Å². The number of carbonyl (C=O) groups is 2. The normalized spacial score (nSPS) is 24.9. The predicted molar refractivity (Wildman–Crippen MR) is 129 cm³/mol. The van der Waals surface area contributed by atoms with Crippen molar-refractivity contribution in [2.45, 2.75) is 13.0 Å². The van der Waals surface area contributed by atoms with Crippen LogP contribution in [0.1, 0.15) is 12.0 Å². The fraction of sp³-hybridized carbons (Fsp3) is 0.385. The summed E-state index contributed by atoms with van der Waals surface area (Å²) in [5, 5.41) is 12.1. The highest BCUT2D eigenvalue weighted by Crippen LogP contribution is 2.53. The summed E-state index contributed by atoms with van der Waals surface area (Å²) in [6, 6.07) is 14.5. The number of anilines is 2. The average molecular weight is 461 g/mol. The Kier molecular flexibility index (Phi) is 5.69. The van der Waals surface area contributed by atoms with Gasteiger partial charge in [0.15, 0.2) is 0 Å². The molecule has 8 nitrogen and oxygen atoms in total. The van der Waals surface area contributed by atoms with Crippen molar-refractivity contribution in [3.05, 3.63) is 76.4 Å². The summed E-state index contributed by atoms with van der Waals surface area (Å²) in [6.45, 7) is 1.81. The number of carbonyl (C=O) groups excluding carboxylic acids is 2.